The summed E-state index contributed by atoms with van der Waals surface area (Å²) in [5, 5.41) is 0. The number of allylic oxidation sites excluding steroid dienone is 3. The van der Waals surface area contributed by atoms with Gasteiger partial charge in [0.25, 0.3) is 0 Å². The molecule has 2 atom stereocenters. The maximum Gasteiger partial charge on any atom is 0.165 e. The molecule has 5 nitrogen and oxygen atoms in total. The lowest BCUT2D eigenvalue weighted by atomic mass is 9.92. The molecule has 3 aliphatic rings. The highest BCUT2D eigenvalue weighted by atomic mass is 16.1. The highest BCUT2D eigenvalue weighted by Crippen LogP contribution is 2.31. The van der Waals surface area contributed by atoms with Crippen LogP contribution in [-0.4, -0.2) is 66.3 Å². The van der Waals surface area contributed by atoms with Crippen molar-refractivity contribution < 1.29 is 4.79 Å². The molecule has 0 N–H and O–H groups in total. The van der Waals surface area contributed by atoms with Crippen LogP contribution in [0, 0.1) is 31.6 Å². The smallest absolute Gasteiger partial charge is 0.165 e. The zero-order valence-corrected chi connectivity index (χ0v) is 30.0. The number of piperidine rings is 1. The van der Waals surface area contributed by atoms with E-state index in [-0.39, 0.29) is 11.7 Å². The maximum atomic E-state index is 12.9. The predicted molar refractivity (Wildman–Crippen MR) is 199 cm³/mol. The minimum absolute atomic E-state index is 0.0771. The SMILES string of the molecule is C=C1C=C(N2CCC(CCN3CCN(c4ccc(C)c(C(=O)C(C)CC)c4)CC3)CC2)C=CN1/C=C(/c1ccc(C)cc1)C(C)CC. The quantitative estimate of drug-likeness (QED) is 0.217. The number of anilines is 1. The first-order chi connectivity index (χ1) is 22.7. The van der Waals surface area contributed by atoms with Crippen molar-refractivity contribution in [2.45, 2.75) is 73.6 Å². The van der Waals surface area contributed by atoms with Gasteiger partial charge in [0, 0.05) is 80.2 Å². The molecule has 3 aliphatic heterocycles. The zero-order chi connectivity index (χ0) is 33.5. The van der Waals surface area contributed by atoms with Crippen molar-refractivity contribution in [1.29, 1.82) is 0 Å². The summed E-state index contributed by atoms with van der Waals surface area (Å²) in [6, 6.07) is 15.4. The highest BCUT2D eigenvalue weighted by Gasteiger charge is 2.25. The van der Waals surface area contributed by atoms with Gasteiger partial charge < -0.3 is 14.7 Å². The molecule has 0 bridgehead atoms. The monoisotopic (exact) mass is 634 g/mol. The van der Waals surface area contributed by atoms with Gasteiger partial charge in [-0.3, -0.25) is 9.69 Å². The molecule has 2 unspecified atom stereocenters. The lowest BCUT2D eigenvalue weighted by Gasteiger charge is -2.39. The fraction of sp³-hybridized carbons (Fsp3) is 0.500. The second-order valence-electron chi connectivity index (χ2n) is 14.3. The Kier molecular flexibility index (Phi) is 11.8. The molecule has 47 heavy (non-hydrogen) atoms. The average Bonchev–Trinajstić information content (AvgIpc) is 3.10. The van der Waals surface area contributed by atoms with E-state index in [0.717, 1.165) is 74.9 Å². The van der Waals surface area contributed by atoms with Gasteiger partial charge in [0.15, 0.2) is 5.78 Å². The van der Waals surface area contributed by atoms with Gasteiger partial charge in [-0.15, -0.1) is 0 Å². The van der Waals surface area contributed by atoms with Crippen molar-refractivity contribution >= 4 is 17.0 Å². The Bertz CT molecular complexity index is 1470. The number of nitrogens with zero attached hydrogens (tertiary/aromatic N) is 4. The fourth-order valence-electron chi connectivity index (χ4n) is 7.07. The Labute approximate surface area is 285 Å². The first-order valence-corrected chi connectivity index (χ1v) is 18.2. The van der Waals surface area contributed by atoms with Crippen LogP contribution in [0.1, 0.15) is 86.8 Å². The third kappa shape index (κ3) is 8.67. The number of piperazine rings is 1. The van der Waals surface area contributed by atoms with Crippen molar-refractivity contribution in [1.82, 2.24) is 14.7 Å². The fourth-order valence-corrected chi connectivity index (χ4v) is 7.07. The van der Waals surface area contributed by atoms with Crippen LogP contribution in [0.2, 0.25) is 0 Å². The molecule has 0 spiro atoms. The molecule has 0 aromatic heterocycles. The van der Waals surface area contributed by atoms with E-state index in [0.29, 0.717) is 5.92 Å². The minimum atomic E-state index is 0.0771. The standard InChI is InChI=1S/C42H58N4O/c1-8-32(4)41(37-13-10-31(3)11-14-37)30-46-23-19-39(28-35(46)7)44-21-17-36(18-22-44)16-20-43-24-26-45(27-25-43)38-15-12-34(6)40(29-38)42(47)33(5)9-2/h10-15,19,23,28-30,32-33,36H,7-9,16-18,20-22,24-27H2,1-6H3/b41-30+. The molecule has 2 saturated heterocycles. The third-order valence-corrected chi connectivity index (χ3v) is 11.0. The van der Waals surface area contributed by atoms with Crippen LogP contribution in [0.5, 0.6) is 0 Å². The Morgan fingerprint density at radius 2 is 1.57 bits per heavy atom. The number of carbonyl (C=O) groups is 1. The second-order valence-corrected chi connectivity index (χ2v) is 14.3. The number of hydrogen-bond acceptors (Lipinski definition) is 5. The van der Waals surface area contributed by atoms with E-state index in [9.17, 15) is 4.79 Å². The maximum absolute atomic E-state index is 12.9. The summed E-state index contributed by atoms with van der Waals surface area (Å²) in [4.78, 5) is 22.8. The van der Waals surface area contributed by atoms with Crippen LogP contribution in [0.4, 0.5) is 5.69 Å². The number of Topliss-reactive ketones (excluding diaryl/α,β-unsaturated/α-hetero) is 1. The molecule has 0 radical (unpaired) electrons. The third-order valence-electron chi connectivity index (χ3n) is 11.0. The molecule has 0 saturated carbocycles. The van der Waals surface area contributed by atoms with E-state index in [2.05, 4.69) is 128 Å². The Balaban J connectivity index is 1.08. The number of likely N-dealkylation sites (tertiary alicyclic amines) is 1. The number of rotatable bonds is 12. The van der Waals surface area contributed by atoms with E-state index in [1.54, 1.807) is 0 Å². The van der Waals surface area contributed by atoms with Gasteiger partial charge in [-0.1, -0.05) is 70.2 Å². The molecule has 252 valence electrons. The molecule has 2 fully saturated rings. The minimum Gasteiger partial charge on any atom is -0.371 e. The Morgan fingerprint density at radius 3 is 2.21 bits per heavy atom. The number of aryl methyl sites for hydroxylation is 2. The van der Waals surface area contributed by atoms with Gasteiger partial charge in [-0.05, 0) is 105 Å². The predicted octanol–water partition coefficient (Wildman–Crippen LogP) is 9.07. The van der Waals surface area contributed by atoms with Crippen molar-refractivity contribution in [3.63, 3.8) is 0 Å². The molecule has 2 aromatic carbocycles. The van der Waals surface area contributed by atoms with Gasteiger partial charge in [-0.25, -0.2) is 0 Å². The average molecular weight is 635 g/mol. The van der Waals surface area contributed by atoms with Crippen molar-refractivity contribution in [3.8, 4) is 0 Å². The Hall–Kier alpha value is -3.57. The van der Waals surface area contributed by atoms with Crippen LogP contribution in [-0.2, 0) is 0 Å². The lowest BCUT2D eigenvalue weighted by molar-refractivity contribution is 0.0926. The zero-order valence-electron chi connectivity index (χ0n) is 30.0. The molecular weight excluding hydrogens is 576 g/mol. The topological polar surface area (TPSA) is 30.0 Å². The van der Waals surface area contributed by atoms with Crippen LogP contribution in [0.25, 0.3) is 5.57 Å². The van der Waals surface area contributed by atoms with Crippen molar-refractivity contribution in [3.05, 3.63) is 107 Å². The molecule has 3 heterocycles. The van der Waals surface area contributed by atoms with Gasteiger partial charge in [0.2, 0.25) is 0 Å². The second kappa shape index (κ2) is 16.0. The van der Waals surface area contributed by atoms with E-state index < -0.39 is 0 Å². The van der Waals surface area contributed by atoms with Gasteiger partial charge >= 0.3 is 0 Å². The highest BCUT2D eigenvalue weighted by molar-refractivity contribution is 5.99. The van der Waals surface area contributed by atoms with Gasteiger partial charge in [0.05, 0.1) is 0 Å². The van der Waals surface area contributed by atoms with E-state index in [4.69, 9.17) is 0 Å². The summed E-state index contributed by atoms with van der Waals surface area (Å²) in [5.41, 5.74) is 9.45. The first-order valence-electron chi connectivity index (χ1n) is 18.2. The van der Waals surface area contributed by atoms with E-state index in [1.807, 2.05) is 6.92 Å². The largest absolute Gasteiger partial charge is 0.371 e. The van der Waals surface area contributed by atoms with Gasteiger partial charge in [-0.2, -0.15) is 0 Å². The summed E-state index contributed by atoms with van der Waals surface area (Å²) < 4.78 is 0. The van der Waals surface area contributed by atoms with E-state index >= 15 is 0 Å². The number of ketones is 1. The number of hydrogen-bond donors (Lipinski definition) is 0. The molecule has 0 amide bonds. The first kappa shape index (κ1) is 34.8. The number of benzene rings is 2. The van der Waals surface area contributed by atoms with Crippen LogP contribution < -0.4 is 4.90 Å². The lowest BCUT2D eigenvalue weighted by Crippen LogP contribution is -2.47. The molecule has 0 aliphatic carbocycles. The Morgan fingerprint density at radius 1 is 0.894 bits per heavy atom. The number of carbonyl (C=O) groups excluding carboxylic acids is 1. The summed E-state index contributed by atoms with van der Waals surface area (Å²) >= 11 is 0. The van der Waals surface area contributed by atoms with Crippen molar-refractivity contribution in [2.75, 3.05) is 50.7 Å². The summed E-state index contributed by atoms with van der Waals surface area (Å²) in [7, 11) is 0. The van der Waals surface area contributed by atoms with Crippen molar-refractivity contribution in [2.24, 2.45) is 17.8 Å². The van der Waals surface area contributed by atoms with E-state index in [1.165, 1.54) is 53.9 Å². The molecule has 5 heteroatoms. The van der Waals surface area contributed by atoms with Crippen LogP contribution in [0.3, 0.4) is 0 Å². The van der Waals surface area contributed by atoms with Gasteiger partial charge in [0.1, 0.15) is 0 Å². The summed E-state index contributed by atoms with van der Waals surface area (Å²) in [5.74, 6) is 1.62. The van der Waals surface area contributed by atoms with Crippen LogP contribution in [0.15, 0.2) is 85.0 Å². The van der Waals surface area contributed by atoms with Crippen LogP contribution >= 0.6 is 0 Å². The molecular formula is C42H58N4O. The summed E-state index contributed by atoms with van der Waals surface area (Å²) in [6.45, 7) is 25.0. The normalized spacial score (nSPS) is 19.6. The molecule has 5 rings (SSSR count). The molecule has 2 aromatic rings. The summed E-state index contributed by atoms with van der Waals surface area (Å²) in [6.07, 6.45) is 14.8.